The average molecular weight is 369 g/mol. The topological polar surface area (TPSA) is 97.4 Å². The smallest absolute Gasteiger partial charge is 0.408 e. The summed E-state index contributed by atoms with van der Waals surface area (Å²) >= 11 is 0. The summed E-state index contributed by atoms with van der Waals surface area (Å²) in [6, 6.07) is 13.1. The van der Waals surface area contributed by atoms with E-state index in [4.69, 9.17) is 4.74 Å². The monoisotopic (exact) mass is 369 g/mol. The summed E-state index contributed by atoms with van der Waals surface area (Å²) in [6.45, 7) is 3.80. The highest BCUT2D eigenvalue weighted by Crippen LogP contribution is 2.09. The van der Waals surface area contributed by atoms with Crippen molar-refractivity contribution in [2.45, 2.75) is 32.9 Å². The molecule has 0 fully saturated rings. The lowest BCUT2D eigenvalue weighted by Gasteiger charge is -2.22. The number of carbonyl (C=O) groups is 3. The normalized spacial score (nSPS) is 12.5. The van der Waals surface area contributed by atoms with Gasteiger partial charge >= 0.3 is 6.09 Å². The van der Waals surface area contributed by atoms with E-state index in [0.717, 1.165) is 5.56 Å². The number of carbonyl (C=O) groups excluding carboxylic acids is 3. The first-order valence-corrected chi connectivity index (χ1v) is 8.74. The lowest BCUT2D eigenvalue weighted by molar-refractivity contribution is -0.123. The van der Waals surface area contributed by atoms with Crippen molar-refractivity contribution in [3.63, 3.8) is 0 Å². The van der Waals surface area contributed by atoms with E-state index in [1.807, 2.05) is 44.2 Å². The highest BCUT2D eigenvalue weighted by atomic mass is 16.5. The van der Waals surface area contributed by atoms with Crippen LogP contribution in [0.5, 0.6) is 0 Å². The standard InChI is InChI=1S/C20H23N3O4/c1-3-14(2)17(19(25)23-18(24)16-11-7-8-12-21-16)22-20(26)27-13-15-9-5-4-6-10-15/h4-12,14,17H,3,13H2,1-2H3,(H,22,26)(H,23,24,25)/t14-,17-/m0/s1. The van der Waals surface area contributed by atoms with Gasteiger partial charge < -0.3 is 10.1 Å². The molecule has 0 aliphatic carbocycles. The molecule has 2 N–H and O–H groups in total. The molecule has 0 spiro atoms. The summed E-state index contributed by atoms with van der Waals surface area (Å²) in [5, 5.41) is 4.83. The molecule has 2 rings (SSSR count). The molecule has 0 bridgehead atoms. The van der Waals surface area contributed by atoms with Crippen LogP contribution >= 0.6 is 0 Å². The van der Waals surface area contributed by atoms with E-state index in [0.29, 0.717) is 6.42 Å². The minimum Gasteiger partial charge on any atom is -0.445 e. The summed E-state index contributed by atoms with van der Waals surface area (Å²) in [7, 11) is 0. The summed E-state index contributed by atoms with van der Waals surface area (Å²) < 4.78 is 5.17. The first kappa shape index (κ1) is 20.1. The fraction of sp³-hybridized carbons (Fsp3) is 0.300. The molecule has 1 aromatic carbocycles. The Kier molecular flexibility index (Phi) is 7.49. The molecule has 27 heavy (non-hydrogen) atoms. The first-order valence-electron chi connectivity index (χ1n) is 8.74. The van der Waals surface area contributed by atoms with Crippen molar-refractivity contribution < 1.29 is 19.1 Å². The molecule has 1 heterocycles. The van der Waals surface area contributed by atoms with Gasteiger partial charge in [0.2, 0.25) is 5.91 Å². The van der Waals surface area contributed by atoms with Crippen molar-refractivity contribution in [1.29, 1.82) is 0 Å². The minimum atomic E-state index is -0.897. The predicted octanol–water partition coefficient (Wildman–Crippen LogP) is 2.68. The van der Waals surface area contributed by atoms with Gasteiger partial charge in [-0.3, -0.25) is 19.9 Å². The van der Waals surface area contributed by atoms with Gasteiger partial charge in [0, 0.05) is 6.20 Å². The number of aromatic nitrogens is 1. The molecule has 7 nitrogen and oxygen atoms in total. The molecule has 3 amide bonds. The number of nitrogens with zero attached hydrogens (tertiary/aromatic N) is 1. The van der Waals surface area contributed by atoms with Crippen LogP contribution in [0.3, 0.4) is 0 Å². The van der Waals surface area contributed by atoms with Crippen molar-refractivity contribution >= 4 is 17.9 Å². The molecule has 0 saturated heterocycles. The van der Waals surface area contributed by atoms with E-state index in [2.05, 4.69) is 15.6 Å². The van der Waals surface area contributed by atoms with Gasteiger partial charge in [0.05, 0.1) is 0 Å². The van der Waals surface area contributed by atoms with Crippen molar-refractivity contribution in [2.75, 3.05) is 0 Å². The fourth-order valence-corrected chi connectivity index (χ4v) is 2.34. The molecule has 0 aliphatic heterocycles. The third-order valence-corrected chi connectivity index (χ3v) is 4.12. The maximum Gasteiger partial charge on any atom is 0.408 e. The SMILES string of the molecule is CC[C@H](C)[C@H](NC(=O)OCc1ccccc1)C(=O)NC(=O)c1ccccn1. The Hall–Kier alpha value is -3.22. The molecule has 142 valence electrons. The van der Waals surface area contributed by atoms with E-state index in [1.165, 1.54) is 12.3 Å². The molecule has 0 unspecified atom stereocenters. The predicted molar refractivity (Wildman–Crippen MR) is 99.7 cm³/mol. The van der Waals surface area contributed by atoms with Crippen LogP contribution in [0.15, 0.2) is 54.7 Å². The maximum absolute atomic E-state index is 12.5. The van der Waals surface area contributed by atoms with Crippen LogP contribution in [0, 0.1) is 5.92 Å². The van der Waals surface area contributed by atoms with Crippen LogP contribution in [-0.4, -0.2) is 28.9 Å². The summed E-state index contributed by atoms with van der Waals surface area (Å²) in [4.78, 5) is 40.6. The lowest BCUT2D eigenvalue weighted by atomic mass is 9.98. The van der Waals surface area contributed by atoms with Gasteiger partial charge in [0.15, 0.2) is 0 Å². The third kappa shape index (κ3) is 6.22. The molecule has 2 atom stereocenters. The highest BCUT2D eigenvalue weighted by Gasteiger charge is 2.28. The van der Waals surface area contributed by atoms with Crippen molar-refractivity contribution in [2.24, 2.45) is 5.92 Å². The second kappa shape index (κ2) is 10.1. The van der Waals surface area contributed by atoms with E-state index in [1.54, 1.807) is 12.1 Å². The van der Waals surface area contributed by atoms with Crippen LogP contribution in [0.2, 0.25) is 0 Å². The number of benzene rings is 1. The number of hydrogen-bond donors (Lipinski definition) is 2. The molecule has 0 radical (unpaired) electrons. The maximum atomic E-state index is 12.5. The number of ether oxygens (including phenoxy) is 1. The molecule has 7 heteroatoms. The molecule has 0 aliphatic rings. The summed E-state index contributed by atoms with van der Waals surface area (Å²) in [5.74, 6) is -1.41. The van der Waals surface area contributed by atoms with E-state index in [9.17, 15) is 14.4 Å². The van der Waals surface area contributed by atoms with Crippen LogP contribution in [0.1, 0.15) is 36.3 Å². The average Bonchev–Trinajstić information content (AvgIpc) is 2.71. The Morgan fingerprint density at radius 2 is 1.78 bits per heavy atom. The summed E-state index contributed by atoms with van der Waals surface area (Å²) in [5.41, 5.74) is 0.961. The van der Waals surface area contributed by atoms with E-state index >= 15 is 0 Å². The Morgan fingerprint density at radius 3 is 2.41 bits per heavy atom. The Balaban J connectivity index is 1.96. The number of alkyl carbamates (subject to hydrolysis) is 1. The third-order valence-electron chi connectivity index (χ3n) is 4.12. The zero-order valence-electron chi connectivity index (χ0n) is 15.3. The molecule has 0 saturated carbocycles. The first-order chi connectivity index (χ1) is 13.0. The number of pyridine rings is 1. The highest BCUT2D eigenvalue weighted by molar-refractivity contribution is 6.05. The van der Waals surface area contributed by atoms with Crippen molar-refractivity contribution in [1.82, 2.24) is 15.6 Å². The van der Waals surface area contributed by atoms with E-state index < -0.39 is 23.9 Å². The fourth-order valence-electron chi connectivity index (χ4n) is 2.34. The van der Waals surface area contributed by atoms with E-state index in [-0.39, 0.29) is 18.2 Å². The Bertz CT molecular complexity index is 765. The van der Waals surface area contributed by atoms with Crippen molar-refractivity contribution in [3.8, 4) is 0 Å². The largest absolute Gasteiger partial charge is 0.445 e. The molecular formula is C20H23N3O4. The number of imide groups is 1. The van der Waals surface area contributed by atoms with Crippen LogP contribution < -0.4 is 10.6 Å². The number of nitrogens with one attached hydrogen (secondary N) is 2. The van der Waals surface area contributed by atoms with Gasteiger partial charge in [-0.15, -0.1) is 0 Å². The zero-order valence-corrected chi connectivity index (χ0v) is 15.3. The van der Waals surface area contributed by atoms with Crippen LogP contribution in [-0.2, 0) is 16.1 Å². The zero-order chi connectivity index (χ0) is 19.6. The van der Waals surface area contributed by atoms with Crippen molar-refractivity contribution in [3.05, 3.63) is 66.0 Å². The summed E-state index contributed by atoms with van der Waals surface area (Å²) in [6.07, 6.45) is 1.38. The Morgan fingerprint density at radius 1 is 1.07 bits per heavy atom. The second-order valence-corrected chi connectivity index (χ2v) is 6.10. The molecule has 2 aromatic rings. The number of hydrogen-bond acceptors (Lipinski definition) is 5. The van der Waals surface area contributed by atoms with Gasteiger partial charge in [-0.05, 0) is 23.6 Å². The number of rotatable bonds is 7. The quantitative estimate of drug-likeness (QED) is 0.782. The van der Waals surface area contributed by atoms with Gasteiger partial charge in [-0.2, -0.15) is 0 Å². The van der Waals surface area contributed by atoms with Gasteiger partial charge in [0.1, 0.15) is 18.3 Å². The second-order valence-electron chi connectivity index (χ2n) is 6.10. The Labute approximate surface area is 158 Å². The lowest BCUT2D eigenvalue weighted by Crippen LogP contribution is -2.51. The van der Waals surface area contributed by atoms with Gasteiger partial charge in [0.25, 0.3) is 5.91 Å². The minimum absolute atomic E-state index is 0.0917. The van der Waals surface area contributed by atoms with Crippen LogP contribution in [0.25, 0.3) is 0 Å². The number of amides is 3. The molecular weight excluding hydrogens is 346 g/mol. The van der Waals surface area contributed by atoms with Gasteiger partial charge in [-0.25, -0.2) is 4.79 Å². The molecule has 1 aromatic heterocycles. The van der Waals surface area contributed by atoms with Crippen LogP contribution in [0.4, 0.5) is 4.79 Å². The van der Waals surface area contributed by atoms with Gasteiger partial charge in [-0.1, -0.05) is 56.7 Å².